The van der Waals surface area contributed by atoms with E-state index in [1.165, 1.54) is 44.2 Å². The van der Waals surface area contributed by atoms with Crippen molar-refractivity contribution in [2.75, 3.05) is 6.54 Å². The van der Waals surface area contributed by atoms with Crippen LogP contribution in [-0.4, -0.2) is 17.1 Å². The molecule has 0 spiro atoms. The quantitative estimate of drug-likeness (QED) is 0.836. The highest BCUT2D eigenvalue weighted by atomic mass is 15.5. The molecule has 1 aromatic rings. The van der Waals surface area contributed by atoms with Crippen LogP contribution in [0.3, 0.4) is 0 Å². The second-order valence-corrected chi connectivity index (χ2v) is 6.16. The Hall–Kier alpha value is -0.860. The van der Waals surface area contributed by atoms with E-state index in [1.807, 2.05) is 0 Å². The van der Waals surface area contributed by atoms with Gasteiger partial charge in [0, 0.05) is 18.6 Å². The van der Waals surface area contributed by atoms with Gasteiger partial charge in [0.05, 0.1) is 0 Å². The zero-order valence-electron chi connectivity index (χ0n) is 10.3. The first-order valence-corrected chi connectivity index (χ1v) is 6.93. The van der Waals surface area contributed by atoms with Crippen LogP contribution in [0.4, 0.5) is 0 Å². The first-order chi connectivity index (χ1) is 8.33. The smallest absolute Gasteiger partial charge is 0.0384 e. The van der Waals surface area contributed by atoms with E-state index in [-0.39, 0.29) is 0 Å². The maximum absolute atomic E-state index is 3.81. The summed E-state index contributed by atoms with van der Waals surface area (Å²) in [5.41, 5.74) is 7.40. The lowest BCUT2D eigenvalue weighted by atomic mass is 9.50. The molecular weight excluding hydrogens is 208 g/mol. The van der Waals surface area contributed by atoms with Gasteiger partial charge in [-0.05, 0) is 49.1 Å². The molecule has 5 rings (SSSR count). The Morgan fingerprint density at radius 2 is 1.88 bits per heavy atom. The molecule has 1 N–H and O–H groups in total. The average Bonchev–Trinajstić information content (AvgIpc) is 2.43. The molecule has 3 fully saturated rings. The molecule has 1 aromatic carbocycles. The molecule has 17 heavy (non-hydrogen) atoms. The number of nitrogens with zero attached hydrogens (tertiary/aromatic N) is 1. The van der Waals surface area contributed by atoms with Gasteiger partial charge >= 0.3 is 0 Å². The number of hydrogen-bond acceptors (Lipinski definition) is 2. The van der Waals surface area contributed by atoms with E-state index >= 15 is 0 Å². The molecule has 0 amide bonds. The van der Waals surface area contributed by atoms with Crippen LogP contribution >= 0.6 is 0 Å². The van der Waals surface area contributed by atoms with Crippen molar-refractivity contribution in [1.82, 2.24) is 10.4 Å². The summed E-state index contributed by atoms with van der Waals surface area (Å²) in [6.07, 6.45) is 6.79. The molecular formula is C15H20N2. The van der Waals surface area contributed by atoms with Gasteiger partial charge in [0.1, 0.15) is 0 Å². The number of fused-ring (bicyclic) bond motifs is 1. The molecule has 2 bridgehead atoms. The molecule has 90 valence electrons. The topological polar surface area (TPSA) is 15.3 Å². The van der Waals surface area contributed by atoms with Gasteiger partial charge in [-0.1, -0.05) is 24.3 Å². The van der Waals surface area contributed by atoms with Crippen molar-refractivity contribution >= 4 is 0 Å². The van der Waals surface area contributed by atoms with Crippen molar-refractivity contribution < 1.29 is 0 Å². The van der Waals surface area contributed by atoms with Gasteiger partial charge in [0.2, 0.25) is 0 Å². The summed E-state index contributed by atoms with van der Waals surface area (Å²) in [7, 11) is 0. The summed E-state index contributed by atoms with van der Waals surface area (Å²) in [5, 5.41) is 2.47. The van der Waals surface area contributed by atoms with Crippen LogP contribution in [0.2, 0.25) is 0 Å². The lowest BCUT2D eigenvalue weighted by molar-refractivity contribution is -0.104. The number of benzene rings is 1. The van der Waals surface area contributed by atoms with Crippen molar-refractivity contribution in [1.29, 1.82) is 0 Å². The first-order valence-electron chi connectivity index (χ1n) is 6.93. The number of nitrogens with one attached hydrogen (secondary N) is 1. The first kappa shape index (κ1) is 10.1. The minimum absolute atomic E-state index is 0.518. The maximum Gasteiger partial charge on any atom is 0.0384 e. The molecule has 4 aliphatic rings. The Kier molecular flexibility index (Phi) is 2.12. The summed E-state index contributed by atoms with van der Waals surface area (Å²) in [4.78, 5) is 0. The molecule has 1 aliphatic heterocycles. The van der Waals surface area contributed by atoms with E-state index in [2.05, 4.69) is 34.7 Å². The lowest BCUT2D eigenvalue weighted by Gasteiger charge is -2.63. The zero-order valence-corrected chi connectivity index (χ0v) is 10.3. The van der Waals surface area contributed by atoms with Crippen molar-refractivity contribution in [3.8, 4) is 0 Å². The fourth-order valence-corrected chi connectivity index (χ4v) is 3.75. The Balaban J connectivity index is 1.50. The van der Waals surface area contributed by atoms with E-state index in [4.69, 9.17) is 0 Å². The van der Waals surface area contributed by atoms with Crippen LogP contribution in [0.5, 0.6) is 0 Å². The molecule has 0 unspecified atom stereocenters. The predicted octanol–water partition coefficient (Wildman–Crippen LogP) is 2.49. The average molecular weight is 228 g/mol. The second kappa shape index (κ2) is 3.56. The molecule has 3 aliphatic carbocycles. The van der Waals surface area contributed by atoms with Gasteiger partial charge in [-0.3, -0.25) is 0 Å². The third-order valence-electron chi connectivity index (χ3n) is 4.79. The Bertz CT molecular complexity index is 423. The molecule has 3 saturated carbocycles. The third-order valence-corrected chi connectivity index (χ3v) is 4.79. The monoisotopic (exact) mass is 228 g/mol. The van der Waals surface area contributed by atoms with Crippen LogP contribution in [0.25, 0.3) is 0 Å². The summed E-state index contributed by atoms with van der Waals surface area (Å²) in [5.74, 6) is 1.06. The molecule has 0 saturated heterocycles. The zero-order chi connectivity index (χ0) is 11.3. The Morgan fingerprint density at radius 3 is 2.59 bits per heavy atom. The fourth-order valence-electron chi connectivity index (χ4n) is 3.75. The summed E-state index contributed by atoms with van der Waals surface area (Å²) in [6, 6.07) is 8.92. The Labute approximate surface area is 103 Å². The van der Waals surface area contributed by atoms with Crippen LogP contribution in [-0.2, 0) is 13.0 Å². The molecule has 1 heterocycles. The number of aryl methyl sites for hydroxylation is 1. The largest absolute Gasteiger partial charge is 0.249 e. The van der Waals surface area contributed by atoms with Crippen molar-refractivity contribution in [3.05, 3.63) is 35.4 Å². The van der Waals surface area contributed by atoms with E-state index < -0.39 is 0 Å². The van der Waals surface area contributed by atoms with Crippen LogP contribution in [0, 0.1) is 5.92 Å². The van der Waals surface area contributed by atoms with Gasteiger partial charge in [-0.2, -0.15) is 0 Å². The van der Waals surface area contributed by atoms with E-state index in [9.17, 15) is 0 Å². The predicted molar refractivity (Wildman–Crippen MR) is 68.4 cm³/mol. The van der Waals surface area contributed by atoms with E-state index in [0.29, 0.717) is 5.54 Å². The molecule has 0 radical (unpaired) electrons. The van der Waals surface area contributed by atoms with Gasteiger partial charge in [-0.15, -0.1) is 0 Å². The van der Waals surface area contributed by atoms with Crippen molar-refractivity contribution in [3.63, 3.8) is 0 Å². The number of rotatable bonds is 2. The van der Waals surface area contributed by atoms with Gasteiger partial charge in [0.15, 0.2) is 0 Å². The van der Waals surface area contributed by atoms with Crippen LogP contribution in [0.15, 0.2) is 24.3 Å². The minimum atomic E-state index is 0.518. The Morgan fingerprint density at radius 1 is 1.12 bits per heavy atom. The number of hydrogen-bond donors (Lipinski definition) is 1. The van der Waals surface area contributed by atoms with Crippen LogP contribution < -0.4 is 5.43 Å². The minimum Gasteiger partial charge on any atom is -0.249 e. The van der Waals surface area contributed by atoms with Gasteiger partial charge in [0.25, 0.3) is 0 Å². The normalized spacial score (nSPS) is 35.4. The standard InChI is InChI=1S/C15H20N2/c1-2-5-14-11-17(7-3-6-13(14)4-1)16-15-8-12(9-15)10-15/h1-2,4-5,12,16H,3,6-11H2. The highest BCUT2D eigenvalue weighted by molar-refractivity contribution is 5.28. The van der Waals surface area contributed by atoms with Gasteiger partial charge in [-0.25, -0.2) is 10.4 Å². The van der Waals surface area contributed by atoms with Gasteiger partial charge < -0.3 is 0 Å². The van der Waals surface area contributed by atoms with E-state index in [0.717, 1.165) is 12.5 Å². The summed E-state index contributed by atoms with van der Waals surface area (Å²) in [6.45, 7) is 2.28. The van der Waals surface area contributed by atoms with E-state index in [1.54, 1.807) is 5.56 Å². The SMILES string of the molecule is c1ccc2c(c1)CCCN(NC13CC(C1)C3)C2. The highest BCUT2D eigenvalue weighted by Gasteiger charge is 2.57. The lowest BCUT2D eigenvalue weighted by Crippen LogP contribution is -2.70. The molecule has 2 heteroatoms. The fraction of sp³-hybridized carbons (Fsp3) is 0.600. The molecule has 0 atom stereocenters. The maximum atomic E-state index is 3.81. The molecule has 0 aromatic heterocycles. The van der Waals surface area contributed by atoms with Crippen molar-refractivity contribution in [2.45, 2.75) is 44.2 Å². The second-order valence-electron chi connectivity index (χ2n) is 6.16. The molecule has 2 nitrogen and oxygen atoms in total. The summed E-state index contributed by atoms with van der Waals surface area (Å²) >= 11 is 0. The number of hydrazine groups is 1. The summed E-state index contributed by atoms with van der Waals surface area (Å²) < 4.78 is 0. The van der Waals surface area contributed by atoms with Crippen LogP contribution in [0.1, 0.15) is 36.8 Å². The third kappa shape index (κ3) is 1.62. The highest BCUT2D eigenvalue weighted by Crippen LogP contribution is 2.57. The van der Waals surface area contributed by atoms with Crippen molar-refractivity contribution in [2.24, 2.45) is 5.92 Å².